The van der Waals surface area contributed by atoms with Gasteiger partial charge in [-0.3, -0.25) is 0 Å². The zero-order chi connectivity index (χ0) is 25.0. The molecule has 2 aromatic carbocycles. The van der Waals surface area contributed by atoms with Crippen LogP contribution in [0.15, 0.2) is 94.7 Å². The summed E-state index contributed by atoms with van der Waals surface area (Å²) in [5, 5.41) is 0.927. The Balaban J connectivity index is 0.00000304. The number of nitrogens with zero attached hydrogens (tertiary/aromatic N) is 2. The van der Waals surface area contributed by atoms with Crippen LogP contribution in [0.3, 0.4) is 0 Å². The van der Waals surface area contributed by atoms with E-state index >= 15 is 0 Å². The Labute approximate surface area is 239 Å². The van der Waals surface area contributed by atoms with Crippen LogP contribution in [0, 0.1) is 0 Å². The molecule has 1 aliphatic carbocycles. The van der Waals surface area contributed by atoms with Gasteiger partial charge in [0.05, 0.1) is 6.04 Å². The highest BCUT2D eigenvalue weighted by Gasteiger charge is 2.41. The van der Waals surface area contributed by atoms with Crippen molar-refractivity contribution < 1.29 is 0 Å². The second-order valence-corrected chi connectivity index (χ2v) is 11.7. The maximum absolute atomic E-state index is 7.02. The molecule has 2 nitrogen and oxygen atoms in total. The SMILES string of the molecule is CN1C(=CC=C2CCCC(C=CC3N(C)c4ccccc4C3(C)C)=C2Cl)C(C)(C)c2ccccc21.I. The van der Waals surface area contributed by atoms with Crippen LogP contribution in [-0.4, -0.2) is 20.1 Å². The molecule has 4 heteroatoms. The summed E-state index contributed by atoms with van der Waals surface area (Å²) in [5.41, 5.74) is 9.25. The number of hydrogen-bond acceptors (Lipinski definition) is 2. The van der Waals surface area contributed by atoms with Gasteiger partial charge < -0.3 is 9.80 Å². The lowest BCUT2D eigenvalue weighted by Gasteiger charge is -2.30. The van der Waals surface area contributed by atoms with Gasteiger partial charge in [-0.25, -0.2) is 0 Å². The highest BCUT2D eigenvalue weighted by atomic mass is 127. The van der Waals surface area contributed by atoms with Crippen LogP contribution >= 0.6 is 35.6 Å². The average molecular weight is 613 g/mol. The number of benzene rings is 2. The third-order valence-electron chi connectivity index (χ3n) is 8.45. The Bertz CT molecular complexity index is 1280. The Kier molecular flexibility index (Phi) is 7.56. The molecule has 3 aliphatic rings. The average Bonchev–Trinajstić information content (AvgIpc) is 3.16. The van der Waals surface area contributed by atoms with E-state index in [4.69, 9.17) is 11.6 Å². The van der Waals surface area contributed by atoms with Gasteiger partial charge in [-0.15, -0.1) is 24.0 Å². The van der Waals surface area contributed by atoms with Crippen LogP contribution in [0.1, 0.15) is 58.1 Å². The summed E-state index contributed by atoms with van der Waals surface area (Å²) in [6.07, 6.45) is 12.4. The van der Waals surface area contributed by atoms with Gasteiger partial charge in [0.2, 0.25) is 0 Å². The molecule has 0 N–H and O–H groups in total. The molecule has 0 fully saturated rings. The number of para-hydroxylation sites is 2. The van der Waals surface area contributed by atoms with Crippen molar-refractivity contribution in [3.63, 3.8) is 0 Å². The smallest absolute Gasteiger partial charge is 0.0565 e. The van der Waals surface area contributed by atoms with E-state index in [1.165, 1.54) is 39.3 Å². The third-order valence-corrected chi connectivity index (χ3v) is 8.94. The molecule has 0 bridgehead atoms. The van der Waals surface area contributed by atoms with Crippen LogP contribution in [0.5, 0.6) is 0 Å². The van der Waals surface area contributed by atoms with Gasteiger partial charge in [-0.05, 0) is 59.7 Å². The molecule has 1 unspecified atom stereocenters. The van der Waals surface area contributed by atoms with Crippen LogP contribution in [0.25, 0.3) is 0 Å². The summed E-state index contributed by atoms with van der Waals surface area (Å²) in [6, 6.07) is 17.8. The molecule has 0 saturated carbocycles. The van der Waals surface area contributed by atoms with Crippen LogP contribution in [-0.2, 0) is 10.8 Å². The number of rotatable bonds is 3. The molecular formula is C32H38ClIN2. The molecule has 2 aromatic rings. The van der Waals surface area contributed by atoms with E-state index in [0.717, 1.165) is 24.3 Å². The lowest BCUT2D eigenvalue weighted by atomic mass is 9.80. The highest BCUT2D eigenvalue weighted by Crippen LogP contribution is 2.47. The molecule has 0 aromatic heterocycles. The number of fused-ring (bicyclic) bond motifs is 2. The molecule has 0 saturated heterocycles. The van der Waals surface area contributed by atoms with E-state index in [1.807, 2.05) is 0 Å². The van der Waals surface area contributed by atoms with Crippen molar-refractivity contribution in [1.29, 1.82) is 0 Å². The van der Waals surface area contributed by atoms with E-state index in [0.29, 0.717) is 6.04 Å². The maximum atomic E-state index is 7.02. The number of likely N-dealkylation sites (N-methyl/N-ethyl adjacent to an activating group) is 2. The topological polar surface area (TPSA) is 6.48 Å². The monoisotopic (exact) mass is 612 g/mol. The molecule has 2 aliphatic heterocycles. The van der Waals surface area contributed by atoms with Crippen molar-refractivity contribution in [3.8, 4) is 0 Å². The van der Waals surface area contributed by atoms with Crippen molar-refractivity contribution >= 4 is 47.0 Å². The second-order valence-electron chi connectivity index (χ2n) is 11.3. The first-order valence-corrected chi connectivity index (χ1v) is 13.2. The molecule has 0 amide bonds. The van der Waals surface area contributed by atoms with E-state index in [1.54, 1.807) is 0 Å². The van der Waals surface area contributed by atoms with Crippen molar-refractivity contribution in [3.05, 3.63) is 106 Å². The van der Waals surface area contributed by atoms with E-state index in [-0.39, 0.29) is 34.8 Å². The van der Waals surface area contributed by atoms with Gasteiger partial charge in [0.15, 0.2) is 0 Å². The van der Waals surface area contributed by atoms with E-state index < -0.39 is 0 Å². The molecule has 1 atom stereocenters. The standard InChI is InChI=1S/C32H37ClN2.HI/c1-31(2)24-14-7-9-16-26(24)34(5)28(31)20-18-22-12-11-13-23(30(22)33)19-21-29-32(3,4)25-15-8-10-17-27(25)35(29)6;/h7-10,14-21,28H,11-13H2,1-6H3;1H. The summed E-state index contributed by atoms with van der Waals surface area (Å²) in [7, 11) is 4.37. The molecule has 2 heterocycles. The van der Waals surface area contributed by atoms with Crippen molar-refractivity contribution in [2.45, 2.75) is 63.8 Å². The fraction of sp³-hybridized carbons (Fsp3) is 0.375. The Morgan fingerprint density at radius 1 is 0.861 bits per heavy atom. The lowest BCUT2D eigenvalue weighted by molar-refractivity contribution is 0.487. The fourth-order valence-corrected chi connectivity index (χ4v) is 6.70. The normalized spacial score (nSPS) is 24.5. The summed E-state index contributed by atoms with van der Waals surface area (Å²) < 4.78 is 0. The molecule has 5 rings (SSSR count). The van der Waals surface area contributed by atoms with E-state index in [2.05, 4.69) is 124 Å². The van der Waals surface area contributed by atoms with Crippen molar-refractivity contribution in [2.24, 2.45) is 0 Å². The van der Waals surface area contributed by atoms with Gasteiger partial charge in [0, 0.05) is 47.0 Å². The number of hydrogen-bond donors (Lipinski definition) is 0. The van der Waals surface area contributed by atoms with Gasteiger partial charge >= 0.3 is 0 Å². The Morgan fingerprint density at radius 2 is 1.50 bits per heavy atom. The van der Waals surface area contributed by atoms with Gasteiger partial charge in [0.1, 0.15) is 0 Å². The summed E-state index contributed by atoms with van der Waals surface area (Å²) in [6.45, 7) is 9.31. The quantitative estimate of drug-likeness (QED) is 0.320. The number of allylic oxidation sites excluding steroid dienone is 7. The zero-order valence-corrected chi connectivity index (χ0v) is 25.4. The Hall–Kier alpha value is -1.98. The molecule has 0 radical (unpaired) electrons. The van der Waals surface area contributed by atoms with Crippen LogP contribution < -0.4 is 9.80 Å². The second kappa shape index (κ2) is 10.1. The first-order valence-electron chi connectivity index (χ1n) is 12.8. The zero-order valence-electron chi connectivity index (χ0n) is 22.3. The number of anilines is 2. The third kappa shape index (κ3) is 4.36. The Morgan fingerprint density at radius 3 is 2.17 bits per heavy atom. The van der Waals surface area contributed by atoms with Crippen LogP contribution in [0.4, 0.5) is 11.4 Å². The fourth-order valence-electron chi connectivity index (χ4n) is 6.39. The minimum absolute atomic E-state index is 0. The first kappa shape index (κ1) is 27.1. The molecule has 190 valence electrons. The summed E-state index contributed by atoms with van der Waals surface area (Å²) >= 11 is 7.02. The van der Waals surface area contributed by atoms with Gasteiger partial charge in [-0.2, -0.15) is 0 Å². The lowest BCUT2D eigenvalue weighted by Crippen LogP contribution is -2.37. The largest absolute Gasteiger partial charge is 0.367 e. The summed E-state index contributed by atoms with van der Waals surface area (Å²) in [5.74, 6) is 0. The molecular weight excluding hydrogens is 575 g/mol. The minimum Gasteiger partial charge on any atom is -0.367 e. The maximum Gasteiger partial charge on any atom is 0.0565 e. The highest BCUT2D eigenvalue weighted by molar-refractivity contribution is 14.0. The van der Waals surface area contributed by atoms with Crippen molar-refractivity contribution in [2.75, 3.05) is 23.9 Å². The van der Waals surface area contributed by atoms with Crippen molar-refractivity contribution in [1.82, 2.24) is 0 Å². The number of halogens is 2. The predicted molar refractivity (Wildman–Crippen MR) is 167 cm³/mol. The van der Waals surface area contributed by atoms with Gasteiger partial charge in [-0.1, -0.05) is 93.9 Å². The summed E-state index contributed by atoms with van der Waals surface area (Å²) in [4.78, 5) is 4.73. The molecule has 36 heavy (non-hydrogen) atoms. The van der Waals surface area contributed by atoms with Gasteiger partial charge in [0.25, 0.3) is 0 Å². The first-order chi connectivity index (χ1) is 16.6. The van der Waals surface area contributed by atoms with Crippen LogP contribution in [0.2, 0.25) is 0 Å². The van der Waals surface area contributed by atoms with E-state index in [9.17, 15) is 0 Å². The predicted octanol–water partition coefficient (Wildman–Crippen LogP) is 8.87. The minimum atomic E-state index is -0.0242. The molecule has 0 spiro atoms.